The van der Waals surface area contributed by atoms with Crippen LogP contribution in [-0.2, 0) is 11.2 Å². The number of rotatable bonds is 7. The predicted octanol–water partition coefficient (Wildman–Crippen LogP) is 4.92. The Labute approximate surface area is 197 Å². The number of aromatic nitrogens is 2. The quantitative estimate of drug-likeness (QED) is 0.348. The second kappa shape index (κ2) is 8.47. The Morgan fingerprint density at radius 1 is 1.12 bits per heavy atom. The van der Waals surface area contributed by atoms with E-state index in [9.17, 15) is 4.79 Å². The number of carbonyl (C=O) groups is 1. The van der Waals surface area contributed by atoms with Crippen molar-refractivity contribution in [3.05, 3.63) is 84.3 Å². The normalized spacial score (nSPS) is 17.1. The van der Waals surface area contributed by atoms with Crippen LogP contribution in [-0.4, -0.2) is 28.5 Å². The molecule has 4 N–H and O–H groups in total. The predicted molar refractivity (Wildman–Crippen MR) is 134 cm³/mol. The molecule has 4 aromatic rings. The molecule has 1 aliphatic carbocycles. The largest absolute Gasteiger partial charge is 0.490 e. The first kappa shape index (κ1) is 20.7. The van der Waals surface area contributed by atoms with Crippen LogP contribution in [0.25, 0.3) is 27.6 Å². The summed E-state index contributed by atoms with van der Waals surface area (Å²) < 4.78 is 6.01. The SMILES string of the molecule is N[C@H](COc1cncc(-c2ccc3c(c2)C(=CC2CC2)C(=O)N3)c1)Cc1c[nH]c2ccccc12. The highest BCUT2D eigenvalue weighted by molar-refractivity contribution is 6.31. The zero-order valence-corrected chi connectivity index (χ0v) is 18.8. The van der Waals surface area contributed by atoms with Gasteiger partial charge >= 0.3 is 0 Å². The maximum atomic E-state index is 12.4. The van der Waals surface area contributed by atoms with Gasteiger partial charge in [0.25, 0.3) is 5.91 Å². The fraction of sp³-hybridized carbons (Fsp3) is 0.214. The minimum absolute atomic E-state index is 0.0153. The van der Waals surface area contributed by atoms with Gasteiger partial charge < -0.3 is 20.8 Å². The van der Waals surface area contributed by atoms with Gasteiger partial charge in [-0.15, -0.1) is 0 Å². The second-order valence-electron chi connectivity index (χ2n) is 9.18. The monoisotopic (exact) mass is 450 g/mol. The van der Waals surface area contributed by atoms with Gasteiger partial charge in [-0.25, -0.2) is 0 Å². The van der Waals surface area contributed by atoms with Crippen LogP contribution >= 0.6 is 0 Å². The molecule has 0 spiro atoms. The highest BCUT2D eigenvalue weighted by Gasteiger charge is 2.28. The highest BCUT2D eigenvalue weighted by Crippen LogP contribution is 2.40. The van der Waals surface area contributed by atoms with Crippen molar-refractivity contribution < 1.29 is 9.53 Å². The number of benzene rings is 2. The topological polar surface area (TPSA) is 93.0 Å². The van der Waals surface area contributed by atoms with E-state index in [1.807, 2.05) is 42.7 Å². The van der Waals surface area contributed by atoms with Crippen LogP contribution < -0.4 is 15.8 Å². The third-order valence-electron chi connectivity index (χ3n) is 6.49. The molecule has 2 aromatic carbocycles. The zero-order valence-electron chi connectivity index (χ0n) is 18.8. The Hall–Kier alpha value is -3.90. The lowest BCUT2D eigenvalue weighted by Crippen LogP contribution is -2.30. The maximum absolute atomic E-state index is 12.4. The molecule has 34 heavy (non-hydrogen) atoms. The van der Waals surface area contributed by atoms with Crippen LogP contribution in [0.1, 0.15) is 24.0 Å². The third kappa shape index (κ3) is 4.08. The van der Waals surface area contributed by atoms with Crippen LogP contribution in [0.4, 0.5) is 5.69 Å². The molecular weight excluding hydrogens is 424 g/mol. The van der Waals surface area contributed by atoms with Crippen molar-refractivity contribution in [3.63, 3.8) is 0 Å². The fourth-order valence-corrected chi connectivity index (χ4v) is 4.53. The summed E-state index contributed by atoms with van der Waals surface area (Å²) in [6.45, 7) is 0.390. The number of fused-ring (bicyclic) bond motifs is 2. The average Bonchev–Trinajstić information content (AvgIpc) is 3.52. The van der Waals surface area contributed by atoms with Crippen molar-refractivity contribution in [1.29, 1.82) is 0 Å². The molecule has 0 unspecified atom stereocenters. The van der Waals surface area contributed by atoms with Gasteiger partial charge in [0, 0.05) is 51.7 Å². The number of anilines is 1. The van der Waals surface area contributed by atoms with E-state index in [2.05, 4.69) is 39.6 Å². The van der Waals surface area contributed by atoms with Gasteiger partial charge in [-0.05, 0) is 60.6 Å². The summed E-state index contributed by atoms with van der Waals surface area (Å²) in [5.41, 5.74) is 13.2. The Bertz CT molecular complexity index is 1420. The molecule has 0 radical (unpaired) electrons. The van der Waals surface area contributed by atoms with E-state index in [-0.39, 0.29) is 11.9 Å². The number of nitrogens with one attached hydrogen (secondary N) is 2. The van der Waals surface area contributed by atoms with Gasteiger partial charge in [-0.2, -0.15) is 0 Å². The maximum Gasteiger partial charge on any atom is 0.256 e. The van der Waals surface area contributed by atoms with Crippen LogP contribution in [0.2, 0.25) is 0 Å². The number of aromatic amines is 1. The number of hydrogen-bond acceptors (Lipinski definition) is 4. The summed E-state index contributed by atoms with van der Waals surface area (Å²) in [5.74, 6) is 1.19. The zero-order chi connectivity index (χ0) is 23.1. The van der Waals surface area contributed by atoms with Gasteiger partial charge in [-0.3, -0.25) is 9.78 Å². The number of carbonyl (C=O) groups excluding carboxylic acids is 1. The standard InChI is InChI=1S/C28H26N4O2/c29-21(10-20-14-31-26-4-2-1-3-23(20)26)16-34-22-11-19(13-30-15-22)18-7-8-27-24(12-18)25(28(33)32-27)9-17-5-6-17/h1-4,7-9,11-15,17,21,31H,5-6,10,16,29H2,(H,32,33)/t21-/m0/s1. The molecule has 1 fully saturated rings. The number of para-hydroxylation sites is 1. The Kier molecular flexibility index (Phi) is 5.15. The number of nitrogens with zero attached hydrogens (tertiary/aromatic N) is 1. The molecule has 3 heterocycles. The first-order valence-corrected chi connectivity index (χ1v) is 11.7. The molecule has 6 rings (SSSR count). The van der Waals surface area contributed by atoms with E-state index in [0.717, 1.165) is 52.7 Å². The number of allylic oxidation sites excluding steroid dienone is 1. The number of hydrogen-bond donors (Lipinski definition) is 3. The van der Waals surface area contributed by atoms with E-state index in [1.165, 1.54) is 10.9 Å². The molecule has 170 valence electrons. The lowest BCUT2D eigenvalue weighted by atomic mass is 9.99. The summed E-state index contributed by atoms with van der Waals surface area (Å²) >= 11 is 0. The van der Waals surface area contributed by atoms with Crippen molar-refractivity contribution in [1.82, 2.24) is 9.97 Å². The van der Waals surface area contributed by atoms with Crippen LogP contribution in [0.3, 0.4) is 0 Å². The fourth-order valence-electron chi connectivity index (χ4n) is 4.53. The van der Waals surface area contributed by atoms with Crippen LogP contribution in [0.15, 0.2) is 73.2 Å². The van der Waals surface area contributed by atoms with Crippen molar-refractivity contribution >= 4 is 28.1 Å². The molecule has 2 aromatic heterocycles. The van der Waals surface area contributed by atoms with E-state index >= 15 is 0 Å². The molecule has 1 amide bonds. The van der Waals surface area contributed by atoms with Crippen molar-refractivity contribution in [3.8, 4) is 16.9 Å². The first-order valence-electron chi connectivity index (χ1n) is 11.7. The smallest absolute Gasteiger partial charge is 0.256 e. The highest BCUT2D eigenvalue weighted by atomic mass is 16.5. The van der Waals surface area contributed by atoms with Crippen molar-refractivity contribution in [2.24, 2.45) is 11.7 Å². The Morgan fingerprint density at radius 2 is 2.00 bits per heavy atom. The van der Waals surface area contributed by atoms with E-state index < -0.39 is 0 Å². The van der Waals surface area contributed by atoms with Gasteiger partial charge in [0.15, 0.2) is 0 Å². The molecular formula is C28H26N4O2. The van der Waals surface area contributed by atoms with Gasteiger partial charge in [0.05, 0.1) is 6.20 Å². The molecule has 0 bridgehead atoms. The summed E-state index contributed by atoms with van der Waals surface area (Å²) in [4.78, 5) is 20.1. The molecule has 6 heteroatoms. The van der Waals surface area contributed by atoms with Crippen LogP contribution in [0, 0.1) is 5.92 Å². The van der Waals surface area contributed by atoms with E-state index in [1.54, 1.807) is 6.20 Å². The van der Waals surface area contributed by atoms with Crippen molar-refractivity contribution in [2.75, 3.05) is 11.9 Å². The van der Waals surface area contributed by atoms with E-state index in [0.29, 0.717) is 18.3 Å². The summed E-state index contributed by atoms with van der Waals surface area (Å²) in [6.07, 6.45) is 10.7. The molecule has 2 aliphatic rings. The lowest BCUT2D eigenvalue weighted by Gasteiger charge is -2.13. The number of amides is 1. The summed E-state index contributed by atoms with van der Waals surface area (Å²) in [5, 5.41) is 4.16. The first-order chi connectivity index (χ1) is 16.6. The number of ether oxygens (including phenoxy) is 1. The van der Waals surface area contributed by atoms with Gasteiger partial charge in [0.2, 0.25) is 0 Å². The average molecular weight is 451 g/mol. The molecule has 1 saturated carbocycles. The minimum Gasteiger partial charge on any atom is -0.490 e. The van der Waals surface area contributed by atoms with E-state index in [4.69, 9.17) is 10.5 Å². The Balaban J connectivity index is 1.16. The molecule has 1 atom stereocenters. The van der Waals surface area contributed by atoms with Gasteiger partial charge in [-0.1, -0.05) is 30.3 Å². The number of nitrogens with two attached hydrogens (primary N) is 1. The second-order valence-corrected chi connectivity index (χ2v) is 9.18. The molecule has 6 nitrogen and oxygen atoms in total. The summed E-state index contributed by atoms with van der Waals surface area (Å²) in [6, 6.07) is 16.1. The van der Waals surface area contributed by atoms with Gasteiger partial charge in [0.1, 0.15) is 12.4 Å². The Morgan fingerprint density at radius 3 is 2.88 bits per heavy atom. The number of pyridine rings is 1. The lowest BCUT2D eigenvalue weighted by molar-refractivity contribution is -0.110. The molecule has 0 saturated heterocycles. The minimum atomic E-state index is -0.143. The van der Waals surface area contributed by atoms with Crippen molar-refractivity contribution in [2.45, 2.75) is 25.3 Å². The third-order valence-corrected chi connectivity index (χ3v) is 6.49. The number of H-pyrrole nitrogens is 1. The van der Waals surface area contributed by atoms with Crippen LogP contribution in [0.5, 0.6) is 5.75 Å². The molecule has 1 aliphatic heterocycles. The summed E-state index contributed by atoms with van der Waals surface area (Å²) in [7, 11) is 0.